The molecule has 0 spiro atoms. The molecule has 0 amide bonds. The number of nitrogens with zero attached hydrogens (tertiary/aromatic N) is 3. The van der Waals surface area contributed by atoms with Crippen LogP contribution in [0.4, 0.5) is 19.0 Å². The standard InChI is InChI=1S/C11H10F3N3/c12-11(13,14)7-17(9-2-3-9)10-4-1-8(5-15)6-16-10/h1,4,6,9H,2-3,7H2. The predicted octanol–water partition coefficient (Wildman–Crippen LogP) is 2.48. The fourth-order valence-corrected chi connectivity index (χ4v) is 1.60. The van der Waals surface area contributed by atoms with Crippen LogP contribution in [0.5, 0.6) is 0 Å². The Kier molecular flexibility index (Phi) is 2.92. The van der Waals surface area contributed by atoms with Crippen LogP contribution in [0, 0.1) is 11.3 Å². The van der Waals surface area contributed by atoms with Gasteiger partial charge in [0.05, 0.1) is 5.56 Å². The molecule has 0 unspecified atom stereocenters. The summed E-state index contributed by atoms with van der Waals surface area (Å²) < 4.78 is 37.2. The van der Waals surface area contributed by atoms with Crippen LogP contribution in [0.1, 0.15) is 18.4 Å². The molecule has 0 aromatic carbocycles. The van der Waals surface area contributed by atoms with Crippen molar-refractivity contribution in [2.75, 3.05) is 11.4 Å². The molecule has 1 aromatic rings. The van der Waals surface area contributed by atoms with Crippen LogP contribution < -0.4 is 4.90 Å². The first-order valence-electron chi connectivity index (χ1n) is 5.19. The van der Waals surface area contributed by atoms with Gasteiger partial charge in [-0.05, 0) is 25.0 Å². The van der Waals surface area contributed by atoms with Gasteiger partial charge >= 0.3 is 6.18 Å². The van der Waals surface area contributed by atoms with Crippen LogP contribution in [0.25, 0.3) is 0 Å². The lowest BCUT2D eigenvalue weighted by atomic mass is 10.3. The Bertz CT molecular complexity index is 429. The zero-order valence-electron chi connectivity index (χ0n) is 8.91. The van der Waals surface area contributed by atoms with Gasteiger partial charge in [-0.1, -0.05) is 0 Å². The Balaban J connectivity index is 2.18. The average molecular weight is 241 g/mol. The number of halogens is 3. The number of rotatable bonds is 3. The van der Waals surface area contributed by atoms with E-state index in [1.807, 2.05) is 6.07 Å². The molecule has 0 atom stereocenters. The number of anilines is 1. The van der Waals surface area contributed by atoms with Gasteiger partial charge in [0.25, 0.3) is 0 Å². The summed E-state index contributed by atoms with van der Waals surface area (Å²) in [4.78, 5) is 5.15. The van der Waals surface area contributed by atoms with Gasteiger partial charge < -0.3 is 4.90 Å². The van der Waals surface area contributed by atoms with Crippen molar-refractivity contribution in [1.82, 2.24) is 4.98 Å². The number of pyridine rings is 1. The van der Waals surface area contributed by atoms with Crippen molar-refractivity contribution in [3.05, 3.63) is 23.9 Å². The quantitative estimate of drug-likeness (QED) is 0.816. The lowest BCUT2D eigenvalue weighted by molar-refractivity contribution is -0.120. The summed E-state index contributed by atoms with van der Waals surface area (Å²) in [6.07, 6.45) is -1.42. The molecule has 0 bridgehead atoms. The molecule has 1 saturated carbocycles. The molecule has 17 heavy (non-hydrogen) atoms. The highest BCUT2D eigenvalue weighted by molar-refractivity contribution is 5.44. The molecule has 90 valence electrons. The van der Waals surface area contributed by atoms with Crippen molar-refractivity contribution in [3.8, 4) is 6.07 Å². The second-order valence-electron chi connectivity index (χ2n) is 3.99. The Morgan fingerprint density at radius 1 is 1.41 bits per heavy atom. The molecule has 0 aliphatic heterocycles. The van der Waals surface area contributed by atoms with Crippen LogP contribution in [0.2, 0.25) is 0 Å². The molecule has 1 aromatic heterocycles. The highest BCUT2D eigenvalue weighted by Gasteiger charge is 2.38. The van der Waals surface area contributed by atoms with E-state index in [0.717, 1.165) is 12.8 Å². The summed E-state index contributed by atoms with van der Waals surface area (Å²) in [5, 5.41) is 8.59. The lowest BCUT2D eigenvalue weighted by Gasteiger charge is -2.24. The van der Waals surface area contributed by atoms with Crippen LogP contribution >= 0.6 is 0 Å². The van der Waals surface area contributed by atoms with E-state index in [4.69, 9.17) is 5.26 Å². The molecule has 2 rings (SSSR count). The lowest BCUT2D eigenvalue weighted by Crippen LogP contribution is -2.36. The topological polar surface area (TPSA) is 39.9 Å². The van der Waals surface area contributed by atoms with Gasteiger partial charge in [-0.2, -0.15) is 18.4 Å². The maximum atomic E-state index is 12.4. The molecule has 1 fully saturated rings. The van der Waals surface area contributed by atoms with E-state index in [-0.39, 0.29) is 11.9 Å². The van der Waals surface area contributed by atoms with Crippen molar-refractivity contribution in [1.29, 1.82) is 5.26 Å². The summed E-state index contributed by atoms with van der Waals surface area (Å²) in [7, 11) is 0. The monoisotopic (exact) mass is 241 g/mol. The molecular formula is C11H10F3N3. The van der Waals surface area contributed by atoms with Crippen molar-refractivity contribution < 1.29 is 13.2 Å². The molecule has 3 nitrogen and oxygen atoms in total. The van der Waals surface area contributed by atoms with Crippen molar-refractivity contribution >= 4 is 5.82 Å². The van der Waals surface area contributed by atoms with Gasteiger partial charge in [0, 0.05) is 12.2 Å². The third-order valence-electron chi connectivity index (χ3n) is 2.51. The fraction of sp³-hybridized carbons (Fsp3) is 0.455. The second kappa shape index (κ2) is 4.24. The van der Waals surface area contributed by atoms with E-state index >= 15 is 0 Å². The van der Waals surface area contributed by atoms with E-state index in [2.05, 4.69) is 4.98 Å². The summed E-state index contributed by atoms with van der Waals surface area (Å²) in [5.41, 5.74) is 0.344. The van der Waals surface area contributed by atoms with Gasteiger partial charge in [-0.15, -0.1) is 0 Å². The third kappa shape index (κ3) is 3.09. The smallest absolute Gasteiger partial charge is 0.345 e. The molecule has 0 saturated heterocycles. The van der Waals surface area contributed by atoms with Crippen LogP contribution in [0.15, 0.2) is 18.3 Å². The van der Waals surface area contributed by atoms with Crippen molar-refractivity contribution in [2.45, 2.75) is 25.1 Å². The number of hydrogen-bond acceptors (Lipinski definition) is 3. The number of alkyl halides is 3. The van der Waals surface area contributed by atoms with Gasteiger partial charge in [0.15, 0.2) is 0 Å². The Morgan fingerprint density at radius 2 is 2.12 bits per heavy atom. The first kappa shape index (κ1) is 11.7. The number of aromatic nitrogens is 1. The van der Waals surface area contributed by atoms with Gasteiger partial charge in [-0.25, -0.2) is 4.98 Å². The summed E-state index contributed by atoms with van der Waals surface area (Å²) in [6, 6.07) is 4.75. The van der Waals surface area contributed by atoms with E-state index in [1.165, 1.54) is 23.2 Å². The minimum atomic E-state index is -4.24. The van der Waals surface area contributed by atoms with Crippen molar-refractivity contribution in [3.63, 3.8) is 0 Å². The molecule has 0 radical (unpaired) electrons. The second-order valence-corrected chi connectivity index (χ2v) is 3.99. The van der Waals surface area contributed by atoms with Crippen molar-refractivity contribution in [2.24, 2.45) is 0 Å². The van der Waals surface area contributed by atoms with Crippen LogP contribution in [-0.4, -0.2) is 23.7 Å². The van der Waals surface area contributed by atoms with Gasteiger partial charge in [0.2, 0.25) is 0 Å². The normalized spacial score (nSPS) is 15.4. The van der Waals surface area contributed by atoms with Gasteiger partial charge in [0.1, 0.15) is 18.4 Å². The van der Waals surface area contributed by atoms with Crippen LogP contribution in [0.3, 0.4) is 0 Å². The largest absolute Gasteiger partial charge is 0.405 e. The first-order chi connectivity index (χ1) is 7.99. The van der Waals surface area contributed by atoms with E-state index in [1.54, 1.807) is 0 Å². The zero-order valence-corrected chi connectivity index (χ0v) is 8.91. The zero-order chi connectivity index (χ0) is 12.5. The first-order valence-corrected chi connectivity index (χ1v) is 5.19. The van der Waals surface area contributed by atoms with E-state index in [9.17, 15) is 13.2 Å². The summed E-state index contributed by atoms with van der Waals surface area (Å²) in [5.74, 6) is 0.281. The maximum Gasteiger partial charge on any atom is 0.405 e. The predicted molar refractivity (Wildman–Crippen MR) is 55.4 cm³/mol. The fourth-order valence-electron chi connectivity index (χ4n) is 1.60. The average Bonchev–Trinajstić information content (AvgIpc) is 3.09. The third-order valence-corrected chi connectivity index (χ3v) is 2.51. The highest BCUT2D eigenvalue weighted by Crippen LogP contribution is 2.33. The Hall–Kier alpha value is -1.77. The molecule has 1 aliphatic rings. The molecule has 1 heterocycles. The molecule has 1 aliphatic carbocycles. The molecular weight excluding hydrogens is 231 g/mol. The number of nitriles is 1. The molecule has 0 N–H and O–H groups in total. The minimum Gasteiger partial charge on any atom is -0.345 e. The minimum absolute atomic E-state index is 0.0722. The van der Waals surface area contributed by atoms with Crippen LogP contribution in [-0.2, 0) is 0 Å². The Labute approximate surface area is 96.5 Å². The van der Waals surface area contributed by atoms with Gasteiger partial charge in [-0.3, -0.25) is 0 Å². The van der Waals surface area contributed by atoms with E-state index in [0.29, 0.717) is 5.56 Å². The number of hydrogen-bond donors (Lipinski definition) is 0. The SMILES string of the molecule is N#Cc1ccc(N(CC(F)(F)F)C2CC2)nc1. The summed E-state index contributed by atoms with van der Waals surface area (Å²) in [6.45, 7) is -0.990. The highest BCUT2D eigenvalue weighted by atomic mass is 19.4. The maximum absolute atomic E-state index is 12.4. The van der Waals surface area contributed by atoms with E-state index < -0.39 is 12.7 Å². The Morgan fingerprint density at radius 3 is 2.53 bits per heavy atom. The molecule has 6 heteroatoms. The summed E-state index contributed by atoms with van der Waals surface area (Å²) >= 11 is 0.